The Hall–Kier alpha value is -2.63. The number of hydrogen-bond donors (Lipinski definition) is 2. The van der Waals surface area contributed by atoms with Gasteiger partial charge in [-0.3, -0.25) is 9.59 Å². The maximum atomic E-state index is 12.1. The number of anilines is 1. The molecule has 0 bridgehead atoms. The first kappa shape index (κ1) is 18.4. The summed E-state index contributed by atoms with van der Waals surface area (Å²) >= 11 is 0. The van der Waals surface area contributed by atoms with Gasteiger partial charge in [0.2, 0.25) is 0 Å². The van der Waals surface area contributed by atoms with Crippen LogP contribution in [0.1, 0.15) is 31.1 Å². The van der Waals surface area contributed by atoms with E-state index in [2.05, 4.69) is 10.6 Å². The van der Waals surface area contributed by atoms with Crippen molar-refractivity contribution in [2.75, 3.05) is 18.5 Å². The molecule has 0 unspecified atom stereocenters. The SMILES string of the molecule is C/C=C/C(=O)OCC(=O)Nc1ccccc1C(=O)NCC(C)C. The van der Waals surface area contributed by atoms with Crippen LogP contribution < -0.4 is 10.6 Å². The number of carbonyl (C=O) groups is 3. The number of amides is 2. The normalized spacial score (nSPS) is 10.6. The molecular weight excluding hydrogens is 296 g/mol. The standard InChI is InChI=1S/C17H22N2O4/c1-4-7-16(21)23-11-15(20)19-14-9-6-5-8-13(14)17(22)18-10-12(2)3/h4-9,12H,10-11H2,1-3H3,(H,18,22)(H,19,20)/b7-4+. The summed E-state index contributed by atoms with van der Waals surface area (Å²) in [5.41, 5.74) is 0.738. The molecule has 2 amide bonds. The van der Waals surface area contributed by atoms with Gasteiger partial charge in [-0.15, -0.1) is 0 Å². The lowest BCUT2D eigenvalue weighted by molar-refractivity contribution is -0.142. The third-order valence-corrected chi connectivity index (χ3v) is 2.76. The highest BCUT2D eigenvalue weighted by Crippen LogP contribution is 2.15. The maximum absolute atomic E-state index is 12.1. The molecule has 1 aromatic rings. The summed E-state index contributed by atoms with van der Waals surface area (Å²) in [7, 11) is 0. The van der Waals surface area contributed by atoms with Crippen molar-refractivity contribution in [1.82, 2.24) is 5.32 Å². The highest BCUT2D eigenvalue weighted by Gasteiger charge is 2.13. The zero-order valence-electron chi connectivity index (χ0n) is 13.6. The summed E-state index contributed by atoms with van der Waals surface area (Å²) in [5, 5.41) is 5.37. The molecule has 124 valence electrons. The smallest absolute Gasteiger partial charge is 0.330 e. The number of hydrogen-bond acceptors (Lipinski definition) is 4. The van der Waals surface area contributed by atoms with Crippen LogP contribution >= 0.6 is 0 Å². The number of ether oxygens (including phenoxy) is 1. The van der Waals surface area contributed by atoms with Crippen molar-refractivity contribution in [2.24, 2.45) is 5.92 Å². The molecule has 6 heteroatoms. The number of rotatable bonds is 7. The zero-order chi connectivity index (χ0) is 17.2. The number of esters is 1. The number of carbonyl (C=O) groups excluding carboxylic acids is 3. The van der Waals surface area contributed by atoms with Crippen LogP contribution in [0.3, 0.4) is 0 Å². The second kappa shape index (κ2) is 9.40. The topological polar surface area (TPSA) is 84.5 Å². The van der Waals surface area contributed by atoms with E-state index >= 15 is 0 Å². The van der Waals surface area contributed by atoms with Crippen molar-refractivity contribution in [3.63, 3.8) is 0 Å². The first-order valence-corrected chi connectivity index (χ1v) is 7.40. The van der Waals surface area contributed by atoms with E-state index < -0.39 is 18.5 Å². The average molecular weight is 318 g/mol. The fraction of sp³-hybridized carbons (Fsp3) is 0.353. The lowest BCUT2D eigenvalue weighted by Gasteiger charge is -2.12. The van der Waals surface area contributed by atoms with Crippen molar-refractivity contribution >= 4 is 23.5 Å². The highest BCUT2D eigenvalue weighted by molar-refractivity contribution is 6.04. The van der Waals surface area contributed by atoms with E-state index in [-0.39, 0.29) is 5.91 Å². The minimum Gasteiger partial charge on any atom is -0.452 e. The van der Waals surface area contributed by atoms with Gasteiger partial charge in [0.1, 0.15) is 0 Å². The Balaban J connectivity index is 2.68. The van der Waals surface area contributed by atoms with Crippen LogP contribution in [-0.2, 0) is 14.3 Å². The number of benzene rings is 1. The molecular formula is C17H22N2O4. The van der Waals surface area contributed by atoms with Crippen molar-refractivity contribution in [2.45, 2.75) is 20.8 Å². The molecule has 1 aromatic carbocycles. The van der Waals surface area contributed by atoms with Crippen molar-refractivity contribution < 1.29 is 19.1 Å². The maximum Gasteiger partial charge on any atom is 0.330 e. The summed E-state index contributed by atoms with van der Waals surface area (Å²) in [4.78, 5) is 35.1. The minimum absolute atomic E-state index is 0.263. The Bertz CT molecular complexity index is 594. The van der Waals surface area contributed by atoms with E-state index in [0.717, 1.165) is 0 Å². The van der Waals surface area contributed by atoms with E-state index in [9.17, 15) is 14.4 Å². The van der Waals surface area contributed by atoms with E-state index in [1.165, 1.54) is 12.2 Å². The molecule has 0 atom stereocenters. The minimum atomic E-state index is -0.592. The molecule has 0 aliphatic heterocycles. The van der Waals surface area contributed by atoms with Crippen LogP contribution in [0.25, 0.3) is 0 Å². The van der Waals surface area contributed by atoms with Crippen LogP contribution in [0, 0.1) is 5.92 Å². The summed E-state index contributed by atoms with van der Waals surface area (Å²) in [6, 6.07) is 6.67. The lowest BCUT2D eigenvalue weighted by Crippen LogP contribution is -2.29. The second-order valence-electron chi connectivity index (χ2n) is 5.31. The fourth-order valence-electron chi connectivity index (χ4n) is 1.69. The average Bonchev–Trinajstić information content (AvgIpc) is 2.51. The quantitative estimate of drug-likeness (QED) is 0.596. The summed E-state index contributed by atoms with van der Waals surface area (Å²) in [5.74, 6) is -1.04. The molecule has 0 saturated carbocycles. The fourth-order valence-corrected chi connectivity index (χ4v) is 1.69. The third-order valence-electron chi connectivity index (χ3n) is 2.76. The molecule has 1 rings (SSSR count). The second-order valence-corrected chi connectivity index (χ2v) is 5.31. The largest absolute Gasteiger partial charge is 0.452 e. The predicted molar refractivity (Wildman–Crippen MR) is 88.0 cm³/mol. The molecule has 0 heterocycles. The van der Waals surface area contributed by atoms with Crippen LogP contribution in [0.4, 0.5) is 5.69 Å². The van der Waals surface area contributed by atoms with E-state index in [0.29, 0.717) is 23.7 Å². The number of nitrogens with one attached hydrogen (secondary N) is 2. The van der Waals surface area contributed by atoms with Crippen LogP contribution in [0.2, 0.25) is 0 Å². The van der Waals surface area contributed by atoms with Gasteiger partial charge in [0, 0.05) is 12.6 Å². The molecule has 2 N–H and O–H groups in total. The predicted octanol–water partition coefficient (Wildman–Crippen LogP) is 2.13. The lowest BCUT2D eigenvalue weighted by atomic mass is 10.1. The summed E-state index contributed by atoms with van der Waals surface area (Å²) < 4.78 is 4.76. The molecule has 0 aliphatic rings. The summed E-state index contributed by atoms with van der Waals surface area (Å²) in [6.07, 6.45) is 2.75. The van der Waals surface area contributed by atoms with Gasteiger partial charge < -0.3 is 15.4 Å². The van der Waals surface area contributed by atoms with E-state index in [4.69, 9.17) is 4.74 Å². The molecule has 0 spiro atoms. The molecule has 6 nitrogen and oxygen atoms in total. The van der Waals surface area contributed by atoms with Crippen LogP contribution in [0.15, 0.2) is 36.4 Å². The molecule has 0 radical (unpaired) electrons. The van der Waals surface area contributed by atoms with Gasteiger partial charge in [-0.05, 0) is 25.0 Å². The van der Waals surface area contributed by atoms with Gasteiger partial charge in [0.25, 0.3) is 11.8 Å². The van der Waals surface area contributed by atoms with E-state index in [1.54, 1.807) is 31.2 Å². The Labute approximate surface area is 135 Å². The van der Waals surface area contributed by atoms with Crippen molar-refractivity contribution in [3.05, 3.63) is 42.0 Å². The van der Waals surface area contributed by atoms with E-state index in [1.807, 2.05) is 13.8 Å². The first-order chi connectivity index (χ1) is 10.9. The Kier molecular flexibility index (Phi) is 7.53. The van der Waals surface area contributed by atoms with Crippen molar-refractivity contribution in [1.29, 1.82) is 0 Å². The van der Waals surface area contributed by atoms with Gasteiger partial charge in [-0.25, -0.2) is 4.79 Å². The molecule has 0 aliphatic carbocycles. The number of allylic oxidation sites excluding steroid dienone is 1. The molecule has 0 aromatic heterocycles. The Morgan fingerprint density at radius 1 is 1.22 bits per heavy atom. The Morgan fingerprint density at radius 3 is 2.57 bits per heavy atom. The van der Waals surface area contributed by atoms with Gasteiger partial charge >= 0.3 is 5.97 Å². The highest BCUT2D eigenvalue weighted by atomic mass is 16.5. The molecule has 23 heavy (non-hydrogen) atoms. The third kappa shape index (κ3) is 6.78. The monoisotopic (exact) mass is 318 g/mol. The first-order valence-electron chi connectivity index (χ1n) is 7.40. The molecule has 0 saturated heterocycles. The number of para-hydroxylation sites is 1. The zero-order valence-corrected chi connectivity index (χ0v) is 13.6. The Morgan fingerprint density at radius 2 is 1.91 bits per heavy atom. The van der Waals surface area contributed by atoms with Crippen LogP contribution in [-0.4, -0.2) is 30.9 Å². The summed E-state index contributed by atoms with van der Waals surface area (Å²) in [6.45, 7) is 5.79. The van der Waals surface area contributed by atoms with Gasteiger partial charge in [0.05, 0.1) is 11.3 Å². The van der Waals surface area contributed by atoms with Gasteiger partial charge in [-0.2, -0.15) is 0 Å². The van der Waals surface area contributed by atoms with Gasteiger partial charge in [-0.1, -0.05) is 32.1 Å². The van der Waals surface area contributed by atoms with Crippen LogP contribution in [0.5, 0.6) is 0 Å². The molecule has 0 fully saturated rings. The van der Waals surface area contributed by atoms with Gasteiger partial charge in [0.15, 0.2) is 6.61 Å². The van der Waals surface area contributed by atoms with Crippen molar-refractivity contribution in [3.8, 4) is 0 Å².